The first kappa shape index (κ1) is 19.7. The zero-order valence-corrected chi connectivity index (χ0v) is 16.3. The Morgan fingerprint density at radius 3 is 2.42 bits per heavy atom. The molecule has 2 atom stereocenters. The fraction of sp³-hybridized carbons (Fsp3) is 0.650. The summed E-state index contributed by atoms with van der Waals surface area (Å²) in [5, 5.41) is 19.4. The van der Waals surface area contributed by atoms with Gasteiger partial charge < -0.3 is 20.0 Å². The van der Waals surface area contributed by atoms with Gasteiger partial charge in [0, 0.05) is 50.1 Å². The fourth-order valence-corrected chi connectivity index (χ4v) is 4.43. The van der Waals surface area contributed by atoms with E-state index in [9.17, 15) is 15.0 Å². The molecular formula is C20H30N2O3S. The summed E-state index contributed by atoms with van der Waals surface area (Å²) >= 11 is 1.70. The molecule has 6 heteroatoms. The third-order valence-electron chi connectivity index (χ3n) is 5.73. The minimum absolute atomic E-state index is 0.132. The number of aliphatic hydroxyl groups excluding tert-OH is 2. The number of carbonyl (C=O) groups excluding carboxylic acids is 1. The highest BCUT2D eigenvalue weighted by Crippen LogP contribution is 2.26. The van der Waals surface area contributed by atoms with Gasteiger partial charge in [-0.15, -0.1) is 11.8 Å². The Morgan fingerprint density at radius 1 is 1.15 bits per heavy atom. The molecule has 0 radical (unpaired) electrons. The van der Waals surface area contributed by atoms with Crippen molar-refractivity contribution in [1.82, 2.24) is 9.80 Å². The van der Waals surface area contributed by atoms with Crippen LogP contribution in [0.15, 0.2) is 29.2 Å². The van der Waals surface area contributed by atoms with Crippen LogP contribution >= 0.6 is 11.8 Å². The molecule has 0 unspecified atom stereocenters. The molecule has 1 aromatic rings. The second kappa shape index (κ2) is 9.22. The van der Waals surface area contributed by atoms with Crippen LogP contribution in [-0.4, -0.2) is 77.6 Å². The van der Waals surface area contributed by atoms with E-state index in [1.54, 1.807) is 11.8 Å². The van der Waals surface area contributed by atoms with Crippen molar-refractivity contribution >= 4 is 17.7 Å². The monoisotopic (exact) mass is 378 g/mol. The Labute approximate surface area is 160 Å². The van der Waals surface area contributed by atoms with Gasteiger partial charge in [-0.2, -0.15) is 0 Å². The van der Waals surface area contributed by atoms with Crippen LogP contribution in [0.25, 0.3) is 0 Å². The van der Waals surface area contributed by atoms with Crippen molar-refractivity contribution in [2.45, 2.75) is 30.3 Å². The summed E-state index contributed by atoms with van der Waals surface area (Å²) in [4.78, 5) is 18.2. The molecule has 5 nitrogen and oxygen atoms in total. The zero-order valence-electron chi connectivity index (χ0n) is 15.5. The highest BCUT2D eigenvalue weighted by Gasteiger charge is 2.36. The molecule has 2 fully saturated rings. The molecule has 2 saturated heterocycles. The lowest BCUT2D eigenvalue weighted by Crippen LogP contribution is -2.40. The minimum Gasteiger partial charge on any atom is -0.396 e. The number of benzene rings is 1. The maximum atomic E-state index is 12.7. The van der Waals surface area contributed by atoms with Crippen molar-refractivity contribution in [1.29, 1.82) is 0 Å². The molecule has 2 aliphatic heterocycles. The van der Waals surface area contributed by atoms with Gasteiger partial charge in [0.1, 0.15) is 0 Å². The Hall–Kier alpha value is -1.08. The van der Waals surface area contributed by atoms with E-state index >= 15 is 0 Å². The third kappa shape index (κ3) is 5.00. The summed E-state index contributed by atoms with van der Waals surface area (Å²) in [5.41, 5.74) is 1.04. The highest BCUT2D eigenvalue weighted by molar-refractivity contribution is 7.98. The predicted molar refractivity (Wildman–Crippen MR) is 104 cm³/mol. The molecule has 26 heavy (non-hydrogen) atoms. The molecule has 2 heterocycles. The fourth-order valence-electron chi connectivity index (χ4n) is 4.02. The summed E-state index contributed by atoms with van der Waals surface area (Å²) in [7, 11) is 0. The van der Waals surface area contributed by atoms with Gasteiger partial charge in [0.2, 0.25) is 5.91 Å². The van der Waals surface area contributed by atoms with E-state index in [1.165, 1.54) is 4.90 Å². The second-order valence-electron chi connectivity index (χ2n) is 7.56. The van der Waals surface area contributed by atoms with Crippen LogP contribution in [0.4, 0.5) is 0 Å². The van der Waals surface area contributed by atoms with Crippen LogP contribution in [0.5, 0.6) is 0 Å². The van der Waals surface area contributed by atoms with E-state index in [2.05, 4.69) is 17.0 Å². The number of carbonyl (C=O) groups is 1. The van der Waals surface area contributed by atoms with E-state index < -0.39 is 0 Å². The van der Waals surface area contributed by atoms with Crippen LogP contribution in [-0.2, 0) is 11.2 Å². The summed E-state index contributed by atoms with van der Waals surface area (Å²) in [6.07, 6.45) is 3.95. The molecule has 0 bridgehead atoms. The average molecular weight is 379 g/mol. The van der Waals surface area contributed by atoms with Gasteiger partial charge in [-0.1, -0.05) is 12.1 Å². The van der Waals surface area contributed by atoms with E-state index in [0.29, 0.717) is 18.9 Å². The normalized spacial score (nSPS) is 25.0. The summed E-state index contributed by atoms with van der Waals surface area (Å²) in [6, 6.07) is 8.17. The Kier molecular flexibility index (Phi) is 6.98. The highest BCUT2D eigenvalue weighted by atomic mass is 32.2. The van der Waals surface area contributed by atoms with Gasteiger partial charge in [-0.05, 0) is 42.7 Å². The van der Waals surface area contributed by atoms with Crippen LogP contribution in [0, 0.1) is 11.8 Å². The van der Waals surface area contributed by atoms with Crippen molar-refractivity contribution in [2.24, 2.45) is 11.8 Å². The molecule has 0 aliphatic carbocycles. The van der Waals surface area contributed by atoms with Crippen molar-refractivity contribution in [3.05, 3.63) is 29.8 Å². The van der Waals surface area contributed by atoms with Gasteiger partial charge in [-0.3, -0.25) is 4.79 Å². The van der Waals surface area contributed by atoms with E-state index in [-0.39, 0.29) is 24.5 Å². The van der Waals surface area contributed by atoms with Gasteiger partial charge >= 0.3 is 0 Å². The molecular weight excluding hydrogens is 348 g/mol. The van der Waals surface area contributed by atoms with E-state index in [4.69, 9.17) is 0 Å². The standard InChI is InChI=1S/C20H30N2O3S/c1-26-19-4-2-15(3-5-19)10-20(25)22-12-16(17(13-22)14-23)11-21-8-6-18(24)7-9-21/h2-5,16-18,23-24H,6-14H2,1H3/t16-,17-/m0/s1. The predicted octanol–water partition coefficient (Wildman–Crippen LogP) is 1.47. The lowest BCUT2D eigenvalue weighted by atomic mass is 9.95. The molecule has 1 aromatic carbocycles. The average Bonchev–Trinajstić information content (AvgIpc) is 3.07. The van der Waals surface area contributed by atoms with Crippen molar-refractivity contribution in [2.75, 3.05) is 45.6 Å². The smallest absolute Gasteiger partial charge is 0.227 e. The lowest BCUT2D eigenvalue weighted by Gasteiger charge is -2.32. The maximum Gasteiger partial charge on any atom is 0.227 e. The topological polar surface area (TPSA) is 64.0 Å². The molecule has 1 amide bonds. The molecule has 2 aliphatic rings. The summed E-state index contributed by atoms with van der Waals surface area (Å²) < 4.78 is 0. The number of thioether (sulfide) groups is 1. The first-order valence-corrected chi connectivity index (χ1v) is 10.7. The summed E-state index contributed by atoms with van der Waals surface area (Å²) in [5.74, 6) is 0.625. The summed E-state index contributed by atoms with van der Waals surface area (Å²) in [6.45, 7) is 4.24. The number of piperidine rings is 1. The number of rotatable bonds is 6. The number of likely N-dealkylation sites (tertiary alicyclic amines) is 2. The van der Waals surface area contributed by atoms with Crippen molar-refractivity contribution < 1.29 is 15.0 Å². The molecule has 3 rings (SSSR count). The van der Waals surface area contributed by atoms with Gasteiger partial charge in [0.15, 0.2) is 0 Å². The molecule has 0 aromatic heterocycles. The lowest BCUT2D eigenvalue weighted by molar-refractivity contribution is -0.129. The Morgan fingerprint density at radius 2 is 1.81 bits per heavy atom. The van der Waals surface area contributed by atoms with Crippen LogP contribution in [0.1, 0.15) is 18.4 Å². The number of hydrogen-bond acceptors (Lipinski definition) is 5. The van der Waals surface area contributed by atoms with Crippen LogP contribution in [0.3, 0.4) is 0 Å². The largest absolute Gasteiger partial charge is 0.396 e. The first-order valence-electron chi connectivity index (χ1n) is 9.51. The number of hydrogen-bond donors (Lipinski definition) is 2. The van der Waals surface area contributed by atoms with Crippen LogP contribution in [0.2, 0.25) is 0 Å². The van der Waals surface area contributed by atoms with E-state index in [0.717, 1.165) is 44.6 Å². The SMILES string of the molecule is CSc1ccc(CC(=O)N2C[C@@H](CO)[C@@H](CN3CCC(O)CC3)C2)cc1. The molecule has 2 N–H and O–H groups in total. The Bertz CT molecular complexity index is 587. The van der Waals surface area contributed by atoms with Crippen LogP contribution < -0.4 is 0 Å². The van der Waals surface area contributed by atoms with Gasteiger partial charge in [0.25, 0.3) is 0 Å². The zero-order chi connectivity index (χ0) is 18.5. The Balaban J connectivity index is 1.54. The molecule has 0 saturated carbocycles. The van der Waals surface area contributed by atoms with Gasteiger partial charge in [0.05, 0.1) is 12.5 Å². The van der Waals surface area contributed by atoms with E-state index in [1.807, 2.05) is 23.3 Å². The minimum atomic E-state index is -0.168. The second-order valence-corrected chi connectivity index (χ2v) is 8.44. The molecule has 0 spiro atoms. The number of amides is 1. The quantitative estimate of drug-likeness (QED) is 0.734. The number of nitrogens with zero attached hydrogens (tertiary/aromatic N) is 2. The van der Waals surface area contributed by atoms with Gasteiger partial charge in [-0.25, -0.2) is 0 Å². The number of aliphatic hydroxyl groups is 2. The van der Waals surface area contributed by atoms with Crippen molar-refractivity contribution in [3.8, 4) is 0 Å². The molecule has 144 valence electrons. The maximum absolute atomic E-state index is 12.7. The third-order valence-corrected chi connectivity index (χ3v) is 6.47. The first-order chi connectivity index (χ1) is 12.6. The van der Waals surface area contributed by atoms with Crippen molar-refractivity contribution in [3.63, 3.8) is 0 Å².